The van der Waals surface area contributed by atoms with E-state index in [1.54, 1.807) is 24.4 Å². The molecular weight excluding hydrogens is 130 g/mol. The second-order valence-corrected chi connectivity index (χ2v) is 1.77. The van der Waals surface area contributed by atoms with Crippen LogP contribution in [0.5, 0.6) is 0 Å². The van der Waals surface area contributed by atoms with E-state index in [4.69, 9.17) is 5.11 Å². The summed E-state index contributed by atoms with van der Waals surface area (Å²) in [4.78, 5) is 10.3. The highest BCUT2D eigenvalue weighted by Crippen LogP contribution is 1.94. The molecular formula is C7H7NO2. The minimum atomic E-state index is -0.948. The summed E-state index contributed by atoms with van der Waals surface area (Å²) in [7, 11) is 0. The van der Waals surface area contributed by atoms with Gasteiger partial charge in [-0.1, -0.05) is 12.2 Å². The van der Waals surface area contributed by atoms with Crippen LogP contribution in [0, 0.1) is 0 Å². The number of carbonyl (C=O) groups is 1. The van der Waals surface area contributed by atoms with Gasteiger partial charge in [0.05, 0.1) is 0 Å². The predicted molar refractivity (Wildman–Crippen MR) is 37.1 cm³/mol. The minimum Gasteiger partial charge on any atom is -0.477 e. The van der Waals surface area contributed by atoms with Gasteiger partial charge in [-0.3, -0.25) is 0 Å². The number of allylic oxidation sites excluding steroid dienone is 4. The van der Waals surface area contributed by atoms with E-state index in [0.717, 1.165) is 0 Å². The van der Waals surface area contributed by atoms with Gasteiger partial charge in [0.25, 0.3) is 0 Å². The fourth-order valence-electron chi connectivity index (χ4n) is 0.591. The van der Waals surface area contributed by atoms with Crippen LogP contribution in [0.3, 0.4) is 0 Å². The van der Waals surface area contributed by atoms with E-state index >= 15 is 0 Å². The molecule has 0 fully saturated rings. The summed E-state index contributed by atoms with van der Waals surface area (Å²) >= 11 is 0. The largest absolute Gasteiger partial charge is 0.477 e. The van der Waals surface area contributed by atoms with Gasteiger partial charge < -0.3 is 10.4 Å². The molecule has 0 aromatic rings. The number of carboxylic acid groups (broad SMARTS) is 1. The Morgan fingerprint density at radius 1 is 1.40 bits per heavy atom. The summed E-state index contributed by atoms with van der Waals surface area (Å²) in [6.45, 7) is 0. The molecule has 1 rings (SSSR count). The smallest absolute Gasteiger partial charge is 0.352 e. The fraction of sp³-hybridized carbons (Fsp3) is 0. The molecule has 0 bridgehead atoms. The van der Waals surface area contributed by atoms with Gasteiger partial charge in [-0.25, -0.2) is 4.79 Å². The first-order valence-corrected chi connectivity index (χ1v) is 2.84. The third-order valence-corrected chi connectivity index (χ3v) is 1.05. The van der Waals surface area contributed by atoms with E-state index in [-0.39, 0.29) is 5.70 Å². The first-order chi connectivity index (χ1) is 4.80. The molecule has 0 aromatic heterocycles. The first kappa shape index (κ1) is 6.61. The van der Waals surface area contributed by atoms with E-state index in [2.05, 4.69) is 5.32 Å². The third kappa shape index (κ3) is 1.48. The Labute approximate surface area is 58.4 Å². The molecule has 3 nitrogen and oxygen atoms in total. The molecule has 52 valence electrons. The number of aliphatic carboxylic acids is 1. The molecule has 1 aliphatic heterocycles. The van der Waals surface area contributed by atoms with Crippen LogP contribution < -0.4 is 5.32 Å². The normalized spacial score (nSPS) is 15.4. The van der Waals surface area contributed by atoms with Gasteiger partial charge in [-0.15, -0.1) is 0 Å². The summed E-state index contributed by atoms with van der Waals surface area (Å²) in [5.41, 5.74) is 0.185. The van der Waals surface area contributed by atoms with Gasteiger partial charge in [-0.2, -0.15) is 0 Å². The molecule has 0 saturated heterocycles. The van der Waals surface area contributed by atoms with Crippen molar-refractivity contribution in [2.75, 3.05) is 0 Å². The number of nitrogens with one attached hydrogen (secondary N) is 1. The van der Waals surface area contributed by atoms with Crippen molar-refractivity contribution in [2.24, 2.45) is 0 Å². The van der Waals surface area contributed by atoms with Crippen LogP contribution in [0.1, 0.15) is 0 Å². The summed E-state index contributed by atoms with van der Waals surface area (Å²) < 4.78 is 0. The molecule has 1 heterocycles. The van der Waals surface area contributed by atoms with E-state index in [1.165, 1.54) is 6.08 Å². The summed E-state index contributed by atoms with van der Waals surface area (Å²) in [5, 5.41) is 11.1. The minimum absolute atomic E-state index is 0.185. The number of rotatable bonds is 1. The van der Waals surface area contributed by atoms with Crippen molar-refractivity contribution in [1.29, 1.82) is 0 Å². The maximum Gasteiger partial charge on any atom is 0.352 e. The Hall–Kier alpha value is -1.51. The first-order valence-electron chi connectivity index (χ1n) is 2.84. The molecule has 0 aliphatic carbocycles. The number of carboxylic acids is 1. The van der Waals surface area contributed by atoms with E-state index in [0.29, 0.717) is 0 Å². The quantitative estimate of drug-likeness (QED) is 0.557. The summed E-state index contributed by atoms with van der Waals surface area (Å²) in [6.07, 6.45) is 8.22. The van der Waals surface area contributed by atoms with E-state index in [9.17, 15) is 4.79 Å². The Morgan fingerprint density at radius 3 is 2.90 bits per heavy atom. The maximum atomic E-state index is 10.3. The van der Waals surface area contributed by atoms with Gasteiger partial charge in [0.2, 0.25) is 0 Å². The standard InChI is InChI=1S/C7H7NO2/c9-7(10)6-4-2-1-3-5-8-6/h1-5,8H,(H,9,10). The zero-order valence-electron chi connectivity index (χ0n) is 5.24. The van der Waals surface area contributed by atoms with Crippen LogP contribution >= 0.6 is 0 Å². The van der Waals surface area contributed by atoms with E-state index in [1.807, 2.05) is 0 Å². The van der Waals surface area contributed by atoms with Gasteiger partial charge in [0.15, 0.2) is 0 Å². The number of hydrogen-bond acceptors (Lipinski definition) is 2. The third-order valence-electron chi connectivity index (χ3n) is 1.05. The van der Waals surface area contributed by atoms with Crippen molar-refractivity contribution in [1.82, 2.24) is 5.32 Å². The van der Waals surface area contributed by atoms with Gasteiger partial charge in [0, 0.05) is 6.20 Å². The monoisotopic (exact) mass is 137 g/mol. The number of hydrogen-bond donors (Lipinski definition) is 2. The second kappa shape index (κ2) is 2.87. The SMILES string of the molecule is O=C(O)C1=CC=CC=CN1. The Bertz CT molecular complexity index is 226. The second-order valence-electron chi connectivity index (χ2n) is 1.77. The average Bonchev–Trinajstić information content (AvgIpc) is 2.12. The van der Waals surface area contributed by atoms with Crippen molar-refractivity contribution in [3.63, 3.8) is 0 Å². The highest BCUT2D eigenvalue weighted by Gasteiger charge is 2.02. The van der Waals surface area contributed by atoms with Crippen LogP contribution in [0.4, 0.5) is 0 Å². The lowest BCUT2D eigenvalue weighted by Crippen LogP contribution is -2.13. The molecule has 0 atom stereocenters. The highest BCUT2D eigenvalue weighted by atomic mass is 16.4. The van der Waals surface area contributed by atoms with Crippen LogP contribution in [-0.4, -0.2) is 11.1 Å². The molecule has 0 saturated carbocycles. The molecule has 0 aromatic carbocycles. The molecule has 10 heavy (non-hydrogen) atoms. The Morgan fingerprint density at radius 2 is 2.20 bits per heavy atom. The van der Waals surface area contributed by atoms with E-state index < -0.39 is 5.97 Å². The van der Waals surface area contributed by atoms with Crippen molar-refractivity contribution >= 4 is 5.97 Å². The maximum absolute atomic E-state index is 10.3. The molecule has 0 radical (unpaired) electrons. The Balaban J connectivity index is 2.78. The summed E-state index contributed by atoms with van der Waals surface area (Å²) in [5.74, 6) is -0.948. The lowest BCUT2D eigenvalue weighted by molar-refractivity contribution is -0.132. The molecule has 0 spiro atoms. The van der Waals surface area contributed by atoms with Gasteiger partial charge in [-0.05, 0) is 12.2 Å². The topological polar surface area (TPSA) is 49.3 Å². The van der Waals surface area contributed by atoms with Crippen LogP contribution in [0.15, 0.2) is 36.2 Å². The lowest BCUT2D eigenvalue weighted by Gasteiger charge is -1.96. The zero-order chi connectivity index (χ0) is 7.40. The van der Waals surface area contributed by atoms with Crippen molar-refractivity contribution in [3.05, 3.63) is 36.2 Å². The van der Waals surface area contributed by atoms with Crippen molar-refractivity contribution in [2.45, 2.75) is 0 Å². The van der Waals surface area contributed by atoms with Crippen LogP contribution in [0.25, 0.3) is 0 Å². The van der Waals surface area contributed by atoms with Crippen LogP contribution in [-0.2, 0) is 4.79 Å². The molecule has 0 unspecified atom stereocenters. The predicted octanol–water partition coefficient (Wildman–Crippen LogP) is 0.628. The Kier molecular flexibility index (Phi) is 1.89. The van der Waals surface area contributed by atoms with Gasteiger partial charge >= 0.3 is 5.97 Å². The fourth-order valence-corrected chi connectivity index (χ4v) is 0.591. The summed E-state index contributed by atoms with van der Waals surface area (Å²) in [6, 6.07) is 0. The van der Waals surface area contributed by atoms with Crippen LogP contribution in [0.2, 0.25) is 0 Å². The van der Waals surface area contributed by atoms with Gasteiger partial charge in [0.1, 0.15) is 5.70 Å². The zero-order valence-corrected chi connectivity index (χ0v) is 5.24. The van der Waals surface area contributed by atoms with Crippen molar-refractivity contribution in [3.8, 4) is 0 Å². The molecule has 2 N–H and O–H groups in total. The molecule has 3 heteroatoms. The molecule has 1 aliphatic rings. The highest BCUT2D eigenvalue weighted by molar-refractivity contribution is 5.86. The van der Waals surface area contributed by atoms with Crippen molar-refractivity contribution < 1.29 is 9.90 Å². The average molecular weight is 137 g/mol. The lowest BCUT2D eigenvalue weighted by atomic mass is 10.4. The molecule has 0 amide bonds.